The lowest BCUT2D eigenvalue weighted by atomic mass is 10.0. The highest BCUT2D eigenvalue weighted by Gasteiger charge is 2.21. The molecule has 0 bridgehead atoms. The molecule has 3 rings (SSSR count). The Bertz CT molecular complexity index is 814. The number of hydrogen-bond donors (Lipinski definition) is 0. The van der Waals surface area contributed by atoms with E-state index in [0.29, 0.717) is 30.8 Å². The summed E-state index contributed by atoms with van der Waals surface area (Å²) in [5, 5.41) is 0. The van der Waals surface area contributed by atoms with Gasteiger partial charge in [-0.2, -0.15) is 8.78 Å². The van der Waals surface area contributed by atoms with E-state index in [1.165, 1.54) is 12.1 Å². The number of halogens is 3. The lowest BCUT2D eigenvalue weighted by Gasteiger charge is -2.26. The number of ether oxygens (including phenoxy) is 2. The van der Waals surface area contributed by atoms with Gasteiger partial charge in [-0.3, -0.25) is 4.98 Å². The maximum absolute atomic E-state index is 13.6. The molecule has 1 aliphatic rings. The van der Waals surface area contributed by atoms with Gasteiger partial charge in [0.1, 0.15) is 0 Å². The quantitative estimate of drug-likeness (QED) is 0.798. The van der Waals surface area contributed by atoms with Crippen LogP contribution in [0.1, 0.15) is 17.7 Å². The Labute approximate surface area is 148 Å². The summed E-state index contributed by atoms with van der Waals surface area (Å²) in [7, 11) is 0. The predicted octanol–water partition coefficient (Wildman–Crippen LogP) is 4.14. The van der Waals surface area contributed by atoms with Crippen LogP contribution in [0.15, 0.2) is 30.5 Å². The standard InChI is InChI=1S/C18H17F3N2O3/c1-11-14(10-23-5-2-6-25-18(23)24)7-13(9-22-11)12-3-4-15(19)16(8-12)26-17(20)21/h3-4,7-9,17H,2,5-6,10H2,1H3. The summed E-state index contributed by atoms with van der Waals surface area (Å²) in [6.07, 6.45) is 1.94. The molecule has 2 aromatic rings. The van der Waals surface area contributed by atoms with E-state index in [4.69, 9.17) is 4.74 Å². The zero-order valence-corrected chi connectivity index (χ0v) is 14.0. The lowest BCUT2D eigenvalue weighted by Crippen LogP contribution is -2.37. The van der Waals surface area contributed by atoms with Crippen molar-refractivity contribution in [1.29, 1.82) is 0 Å². The second-order valence-electron chi connectivity index (χ2n) is 5.88. The molecule has 0 saturated carbocycles. The summed E-state index contributed by atoms with van der Waals surface area (Å²) < 4.78 is 47.6. The molecule has 0 unspecified atom stereocenters. The fourth-order valence-corrected chi connectivity index (χ4v) is 2.71. The third-order valence-corrected chi connectivity index (χ3v) is 4.09. The van der Waals surface area contributed by atoms with Gasteiger partial charge >= 0.3 is 12.7 Å². The normalized spacial score (nSPS) is 14.5. The van der Waals surface area contributed by atoms with E-state index in [1.54, 1.807) is 17.2 Å². The zero-order chi connectivity index (χ0) is 18.7. The molecule has 0 atom stereocenters. The van der Waals surface area contributed by atoms with Crippen LogP contribution in [-0.2, 0) is 11.3 Å². The van der Waals surface area contributed by atoms with Crippen molar-refractivity contribution in [3.63, 3.8) is 0 Å². The topological polar surface area (TPSA) is 51.7 Å². The van der Waals surface area contributed by atoms with Crippen LogP contribution in [0.2, 0.25) is 0 Å². The fraction of sp³-hybridized carbons (Fsp3) is 0.333. The highest BCUT2D eigenvalue weighted by Crippen LogP contribution is 2.28. The number of nitrogens with zero attached hydrogens (tertiary/aromatic N) is 2. The zero-order valence-electron chi connectivity index (χ0n) is 14.0. The highest BCUT2D eigenvalue weighted by atomic mass is 19.3. The molecule has 0 aliphatic carbocycles. The Morgan fingerprint density at radius 2 is 2.12 bits per heavy atom. The van der Waals surface area contributed by atoms with Crippen LogP contribution in [0.4, 0.5) is 18.0 Å². The second-order valence-corrected chi connectivity index (χ2v) is 5.88. The average Bonchev–Trinajstić information content (AvgIpc) is 2.60. The highest BCUT2D eigenvalue weighted by molar-refractivity contribution is 5.69. The van der Waals surface area contributed by atoms with E-state index in [1.807, 2.05) is 6.92 Å². The molecule has 5 nitrogen and oxygen atoms in total. The Kier molecular flexibility index (Phi) is 5.29. The van der Waals surface area contributed by atoms with Gasteiger partial charge in [-0.25, -0.2) is 9.18 Å². The molecule has 138 valence electrons. The maximum atomic E-state index is 13.6. The maximum Gasteiger partial charge on any atom is 0.410 e. The number of aryl methyl sites for hydroxylation is 1. The first-order valence-electron chi connectivity index (χ1n) is 8.06. The van der Waals surface area contributed by atoms with E-state index in [9.17, 15) is 18.0 Å². The van der Waals surface area contributed by atoms with Crippen molar-refractivity contribution in [2.24, 2.45) is 0 Å². The van der Waals surface area contributed by atoms with Gasteiger partial charge in [0.15, 0.2) is 11.6 Å². The Balaban J connectivity index is 1.88. The number of carbonyl (C=O) groups excluding carboxylic acids is 1. The summed E-state index contributed by atoms with van der Waals surface area (Å²) in [4.78, 5) is 17.7. The molecule has 1 fully saturated rings. The Morgan fingerprint density at radius 3 is 2.85 bits per heavy atom. The van der Waals surface area contributed by atoms with Gasteiger partial charge in [0, 0.05) is 24.0 Å². The van der Waals surface area contributed by atoms with Crippen LogP contribution in [0, 0.1) is 12.7 Å². The fourth-order valence-electron chi connectivity index (χ4n) is 2.71. The number of aromatic nitrogens is 1. The summed E-state index contributed by atoms with van der Waals surface area (Å²) >= 11 is 0. The number of amides is 1. The third-order valence-electron chi connectivity index (χ3n) is 4.09. The number of carbonyl (C=O) groups is 1. The Morgan fingerprint density at radius 1 is 1.31 bits per heavy atom. The molecule has 1 aromatic carbocycles. The molecule has 0 N–H and O–H groups in total. The molecule has 26 heavy (non-hydrogen) atoms. The molecule has 8 heteroatoms. The van der Waals surface area contributed by atoms with Gasteiger partial charge in [-0.15, -0.1) is 0 Å². The van der Waals surface area contributed by atoms with Crippen molar-refractivity contribution < 1.29 is 27.4 Å². The second kappa shape index (κ2) is 7.63. The largest absolute Gasteiger partial charge is 0.449 e. The molecule has 0 radical (unpaired) electrons. The van der Waals surface area contributed by atoms with Gasteiger partial charge in [0.2, 0.25) is 0 Å². The monoisotopic (exact) mass is 366 g/mol. The number of hydrogen-bond acceptors (Lipinski definition) is 4. The van der Waals surface area contributed by atoms with Crippen LogP contribution < -0.4 is 4.74 Å². The number of pyridine rings is 1. The molecular formula is C18H17F3N2O3. The minimum absolute atomic E-state index is 0.326. The first-order chi connectivity index (χ1) is 12.4. The smallest absolute Gasteiger partial charge is 0.410 e. The van der Waals surface area contributed by atoms with Crippen LogP contribution in [0.5, 0.6) is 5.75 Å². The van der Waals surface area contributed by atoms with Crippen molar-refractivity contribution in [1.82, 2.24) is 9.88 Å². The van der Waals surface area contributed by atoms with Gasteiger partial charge in [0.25, 0.3) is 0 Å². The third kappa shape index (κ3) is 4.07. The molecule has 1 amide bonds. The number of rotatable bonds is 5. The first-order valence-corrected chi connectivity index (χ1v) is 8.06. The molecular weight excluding hydrogens is 349 g/mol. The SMILES string of the molecule is Cc1ncc(-c2ccc(F)c(OC(F)F)c2)cc1CN1CCCOC1=O. The predicted molar refractivity (Wildman–Crippen MR) is 87.4 cm³/mol. The summed E-state index contributed by atoms with van der Waals surface area (Å²) in [6, 6.07) is 5.52. The number of benzene rings is 1. The van der Waals surface area contributed by atoms with Crippen LogP contribution in [-0.4, -0.2) is 35.7 Å². The van der Waals surface area contributed by atoms with E-state index in [-0.39, 0.29) is 6.09 Å². The van der Waals surface area contributed by atoms with Gasteiger partial charge in [0.05, 0.1) is 13.2 Å². The van der Waals surface area contributed by atoms with Crippen molar-refractivity contribution in [2.45, 2.75) is 26.5 Å². The van der Waals surface area contributed by atoms with Crippen molar-refractivity contribution >= 4 is 6.09 Å². The van der Waals surface area contributed by atoms with Crippen LogP contribution >= 0.6 is 0 Å². The molecule has 0 spiro atoms. The van der Waals surface area contributed by atoms with E-state index >= 15 is 0 Å². The molecule has 1 aliphatic heterocycles. The summed E-state index contributed by atoms with van der Waals surface area (Å²) in [6.45, 7) is 0.0226. The van der Waals surface area contributed by atoms with Crippen molar-refractivity contribution in [3.05, 3.63) is 47.5 Å². The number of alkyl halides is 2. The van der Waals surface area contributed by atoms with Crippen LogP contribution in [0.3, 0.4) is 0 Å². The number of cyclic esters (lactones) is 1. The average molecular weight is 366 g/mol. The summed E-state index contributed by atoms with van der Waals surface area (Å²) in [5.41, 5.74) is 2.62. The molecule has 2 heterocycles. The van der Waals surface area contributed by atoms with Gasteiger partial charge < -0.3 is 14.4 Å². The van der Waals surface area contributed by atoms with E-state index in [2.05, 4.69) is 9.72 Å². The molecule has 1 aromatic heterocycles. The summed E-state index contributed by atoms with van der Waals surface area (Å²) in [5.74, 6) is -1.40. The van der Waals surface area contributed by atoms with Gasteiger partial charge in [-0.1, -0.05) is 6.07 Å². The first kappa shape index (κ1) is 18.0. The van der Waals surface area contributed by atoms with Gasteiger partial charge in [-0.05, 0) is 42.7 Å². The van der Waals surface area contributed by atoms with Crippen LogP contribution in [0.25, 0.3) is 11.1 Å². The Hall–Kier alpha value is -2.77. The molecule has 1 saturated heterocycles. The minimum Gasteiger partial charge on any atom is -0.449 e. The van der Waals surface area contributed by atoms with E-state index in [0.717, 1.165) is 23.7 Å². The van der Waals surface area contributed by atoms with Crippen molar-refractivity contribution in [2.75, 3.05) is 13.2 Å². The minimum atomic E-state index is -3.11. The van der Waals surface area contributed by atoms with Crippen molar-refractivity contribution in [3.8, 4) is 16.9 Å². The van der Waals surface area contributed by atoms with E-state index < -0.39 is 18.2 Å². The lowest BCUT2D eigenvalue weighted by molar-refractivity contribution is -0.0521.